The number of nitrogens with two attached hydrogens (primary N) is 1. The van der Waals surface area contributed by atoms with Gasteiger partial charge in [0.2, 0.25) is 11.1 Å². The van der Waals surface area contributed by atoms with Crippen LogP contribution in [-0.2, 0) is 20.9 Å². The van der Waals surface area contributed by atoms with Crippen molar-refractivity contribution in [1.82, 2.24) is 5.32 Å². The van der Waals surface area contributed by atoms with Gasteiger partial charge >= 0.3 is 0 Å². The second-order valence-electron chi connectivity index (χ2n) is 3.16. The highest BCUT2D eigenvalue weighted by Crippen LogP contribution is 2.00. The molecule has 0 saturated carbocycles. The first-order chi connectivity index (χ1) is 10.6. The highest BCUT2D eigenvalue weighted by atomic mass is 35.5. The lowest BCUT2D eigenvalue weighted by atomic mass is 10.2. The molecule has 8 heteroatoms. The van der Waals surface area contributed by atoms with E-state index in [0.29, 0.717) is 6.61 Å². The van der Waals surface area contributed by atoms with E-state index in [-0.39, 0.29) is 27.4 Å². The van der Waals surface area contributed by atoms with Crippen LogP contribution >= 0.6 is 11.6 Å². The van der Waals surface area contributed by atoms with E-state index in [0.717, 1.165) is 12.7 Å². The molecule has 0 bridgehead atoms. The second-order valence-corrected chi connectivity index (χ2v) is 3.59. The molecule has 5 N–H and O–H groups in total. The lowest BCUT2D eigenvalue weighted by Crippen LogP contribution is -2.20. The monoisotopic (exact) mass is 368 g/mol. The van der Waals surface area contributed by atoms with Crippen molar-refractivity contribution in [2.24, 2.45) is 5.73 Å². The minimum Gasteiger partial charge on any atom is -0.400 e. The maximum atomic E-state index is 10.3. The molecule has 1 amide bonds. The maximum Gasteiger partial charge on any atom is 0.247 e. The topological polar surface area (TPSA) is 122 Å². The normalized spacial score (nSPS) is 7.29. The highest BCUT2D eigenvalue weighted by Gasteiger charge is 1.95. The van der Waals surface area contributed by atoms with Crippen LogP contribution in [-0.4, -0.2) is 55.8 Å². The largest absolute Gasteiger partial charge is 0.400 e. The summed E-state index contributed by atoms with van der Waals surface area (Å²) in [6.45, 7) is -0.0216. The standard InChI is InChI=1S/C9H9ClO2.C3H7NO2.CH5N.CH4O.2CH4/c10-9(11)7-12-6-8-4-2-1-3-5-8;1-4-3(6)2-5;2*1-2;;/h1-5H,6-7H2;5H,2H2,1H3,(H,4,6);2H2,1H3;2H,1H3;2*1H4. The van der Waals surface area contributed by atoms with E-state index in [4.69, 9.17) is 26.6 Å². The molecule has 1 aromatic rings. The zero-order chi connectivity index (χ0) is 17.8. The van der Waals surface area contributed by atoms with Crippen molar-refractivity contribution in [1.29, 1.82) is 0 Å². The summed E-state index contributed by atoms with van der Waals surface area (Å²) in [5, 5.41) is 16.7. The van der Waals surface area contributed by atoms with Crippen LogP contribution in [0.1, 0.15) is 20.4 Å². The van der Waals surface area contributed by atoms with Gasteiger partial charge in [0.15, 0.2) is 0 Å². The lowest BCUT2D eigenvalue weighted by Gasteiger charge is -1.99. The van der Waals surface area contributed by atoms with Gasteiger partial charge in [-0.2, -0.15) is 0 Å². The van der Waals surface area contributed by atoms with Gasteiger partial charge in [0.1, 0.15) is 13.2 Å². The van der Waals surface area contributed by atoms with Crippen molar-refractivity contribution >= 4 is 22.8 Å². The van der Waals surface area contributed by atoms with Gasteiger partial charge < -0.3 is 26.0 Å². The number of hydrogen-bond donors (Lipinski definition) is 4. The molecule has 0 heterocycles. The van der Waals surface area contributed by atoms with Gasteiger partial charge in [0.25, 0.3) is 0 Å². The molecule has 0 atom stereocenters. The number of rotatable bonds is 5. The van der Waals surface area contributed by atoms with Crippen LogP contribution in [0.15, 0.2) is 30.3 Å². The van der Waals surface area contributed by atoms with E-state index in [1.165, 1.54) is 14.1 Å². The SMILES string of the molecule is C.C.CN.CNC(=O)CO.CO.O=C(Cl)COCc1ccccc1. The van der Waals surface area contributed by atoms with Crippen molar-refractivity contribution in [3.8, 4) is 0 Å². The fraction of sp³-hybridized carbons (Fsp3) is 0.500. The predicted octanol–water partition coefficient (Wildman–Crippen LogP) is 1.15. The van der Waals surface area contributed by atoms with Gasteiger partial charge in [-0.25, -0.2) is 0 Å². The molecule has 0 aromatic heterocycles. The quantitative estimate of drug-likeness (QED) is 0.578. The van der Waals surface area contributed by atoms with Crippen LogP contribution in [0.25, 0.3) is 0 Å². The van der Waals surface area contributed by atoms with Gasteiger partial charge in [-0.05, 0) is 24.2 Å². The lowest BCUT2D eigenvalue weighted by molar-refractivity contribution is -0.123. The number of ether oxygens (including phenoxy) is 1. The van der Waals surface area contributed by atoms with Crippen LogP contribution in [0.2, 0.25) is 0 Å². The molecule has 1 aromatic carbocycles. The molecule has 24 heavy (non-hydrogen) atoms. The summed E-state index contributed by atoms with van der Waals surface area (Å²) in [4.78, 5) is 20.1. The summed E-state index contributed by atoms with van der Waals surface area (Å²) in [7, 11) is 3.97. The Balaban J connectivity index is -0.0000000867. The van der Waals surface area contributed by atoms with Gasteiger partial charge in [0, 0.05) is 14.2 Å². The smallest absolute Gasteiger partial charge is 0.247 e. The summed E-state index contributed by atoms with van der Waals surface area (Å²) < 4.78 is 5.00. The Labute approximate surface area is 150 Å². The number of aliphatic hydroxyl groups is 2. The zero-order valence-electron chi connectivity index (χ0n) is 13.1. The van der Waals surface area contributed by atoms with Gasteiger partial charge in [-0.15, -0.1) is 0 Å². The molecule has 0 unspecified atom stereocenters. The number of halogens is 1. The zero-order valence-corrected chi connectivity index (χ0v) is 13.8. The highest BCUT2D eigenvalue weighted by molar-refractivity contribution is 6.63. The maximum absolute atomic E-state index is 10.3. The van der Waals surface area contributed by atoms with E-state index in [1.54, 1.807) is 0 Å². The van der Waals surface area contributed by atoms with Gasteiger partial charge in [-0.3, -0.25) is 9.59 Å². The fourth-order valence-corrected chi connectivity index (χ4v) is 0.980. The fourth-order valence-electron chi connectivity index (χ4n) is 0.902. The van der Waals surface area contributed by atoms with Crippen LogP contribution in [0.5, 0.6) is 0 Å². The number of nitrogens with one attached hydrogen (secondary N) is 1. The average Bonchev–Trinajstić information content (AvgIpc) is 2.59. The molecule has 0 spiro atoms. The minimum atomic E-state index is -0.467. The van der Waals surface area contributed by atoms with Gasteiger partial charge in [0.05, 0.1) is 6.61 Å². The van der Waals surface area contributed by atoms with E-state index in [9.17, 15) is 9.59 Å². The Morgan fingerprint density at radius 2 is 1.62 bits per heavy atom. The Bertz CT molecular complexity index is 359. The number of likely N-dealkylation sites (N-methyl/N-ethyl adjacent to an activating group) is 1. The molecule has 1 rings (SSSR count). The number of carbonyl (C=O) groups is 2. The Kier molecular flexibility index (Phi) is 41.7. The summed E-state index contributed by atoms with van der Waals surface area (Å²) in [6.07, 6.45) is 0. The molecule has 0 saturated heterocycles. The third kappa shape index (κ3) is 28.6. The molecule has 0 aliphatic rings. The number of carbonyl (C=O) groups excluding carboxylic acids is 2. The first-order valence-corrected chi connectivity index (χ1v) is 6.61. The Morgan fingerprint density at radius 3 is 1.92 bits per heavy atom. The minimum absolute atomic E-state index is 0. The first-order valence-electron chi connectivity index (χ1n) is 6.24. The first kappa shape index (κ1) is 34.0. The van der Waals surface area contributed by atoms with E-state index < -0.39 is 11.8 Å². The predicted molar refractivity (Wildman–Crippen MR) is 99.8 cm³/mol. The van der Waals surface area contributed by atoms with Crippen molar-refractivity contribution in [3.63, 3.8) is 0 Å². The van der Waals surface area contributed by atoms with E-state index in [1.807, 2.05) is 30.3 Å². The van der Waals surface area contributed by atoms with Crippen molar-refractivity contribution in [2.75, 3.05) is 34.4 Å². The Morgan fingerprint density at radius 1 is 1.17 bits per heavy atom. The molecule has 0 radical (unpaired) electrons. The molecular formula is C16H33ClN2O5. The average molecular weight is 369 g/mol. The summed E-state index contributed by atoms with van der Waals surface area (Å²) in [6, 6.07) is 9.62. The number of benzene rings is 1. The van der Waals surface area contributed by atoms with Crippen LogP contribution < -0.4 is 11.1 Å². The van der Waals surface area contributed by atoms with Crippen molar-refractivity contribution in [3.05, 3.63) is 35.9 Å². The summed E-state index contributed by atoms with van der Waals surface area (Å²) >= 11 is 5.08. The molecule has 144 valence electrons. The molecule has 7 nitrogen and oxygen atoms in total. The van der Waals surface area contributed by atoms with Gasteiger partial charge in [-0.1, -0.05) is 45.2 Å². The number of aliphatic hydroxyl groups excluding tert-OH is 2. The van der Waals surface area contributed by atoms with E-state index >= 15 is 0 Å². The van der Waals surface area contributed by atoms with Crippen LogP contribution in [0.4, 0.5) is 0 Å². The van der Waals surface area contributed by atoms with Crippen molar-refractivity contribution in [2.45, 2.75) is 21.5 Å². The summed E-state index contributed by atoms with van der Waals surface area (Å²) in [5.41, 5.74) is 5.54. The molecule has 0 aliphatic heterocycles. The molecular weight excluding hydrogens is 336 g/mol. The van der Waals surface area contributed by atoms with Crippen LogP contribution in [0, 0.1) is 0 Å². The van der Waals surface area contributed by atoms with E-state index in [2.05, 4.69) is 11.1 Å². The third-order valence-corrected chi connectivity index (χ3v) is 1.86. The Hall–Kier alpha value is -1.51. The second kappa shape index (κ2) is 29.5. The molecule has 0 aliphatic carbocycles. The third-order valence-electron chi connectivity index (χ3n) is 1.75. The summed E-state index contributed by atoms with van der Waals surface area (Å²) in [5.74, 6) is -0.352. The number of amides is 1. The number of hydrogen-bond acceptors (Lipinski definition) is 6. The van der Waals surface area contributed by atoms with Crippen molar-refractivity contribution < 1.29 is 24.5 Å². The van der Waals surface area contributed by atoms with Crippen LogP contribution in [0.3, 0.4) is 0 Å². The molecule has 0 fully saturated rings.